The maximum absolute atomic E-state index is 12.1. The van der Waals surface area contributed by atoms with Crippen LogP contribution >= 0.6 is 0 Å². The van der Waals surface area contributed by atoms with Crippen molar-refractivity contribution < 1.29 is 9.59 Å². The molecule has 1 aliphatic rings. The molecule has 2 heterocycles. The van der Waals surface area contributed by atoms with E-state index in [-0.39, 0.29) is 5.91 Å². The lowest BCUT2D eigenvalue weighted by Crippen LogP contribution is -2.20. The van der Waals surface area contributed by atoms with E-state index < -0.39 is 0 Å². The first-order valence-corrected chi connectivity index (χ1v) is 6.64. The largest absolute Gasteiger partial charge is 0.358 e. The summed E-state index contributed by atoms with van der Waals surface area (Å²) in [5.74, 6) is 0.187. The molecule has 0 radical (unpaired) electrons. The van der Waals surface area contributed by atoms with Gasteiger partial charge in [0.1, 0.15) is 0 Å². The summed E-state index contributed by atoms with van der Waals surface area (Å²) in [6, 6.07) is 8.02. The van der Waals surface area contributed by atoms with Gasteiger partial charge in [-0.3, -0.25) is 14.2 Å². The van der Waals surface area contributed by atoms with Gasteiger partial charge < -0.3 is 5.32 Å². The summed E-state index contributed by atoms with van der Waals surface area (Å²) in [6.45, 7) is 0.610. The molecule has 0 unspecified atom stereocenters. The number of rotatable bonds is 4. The average molecular weight is 256 g/mol. The molecule has 4 heteroatoms. The van der Waals surface area contributed by atoms with E-state index in [1.165, 1.54) is 5.56 Å². The highest BCUT2D eigenvalue weighted by atomic mass is 16.2. The van der Waals surface area contributed by atoms with E-state index in [1.807, 2.05) is 22.8 Å². The van der Waals surface area contributed by atoms with Crippen LogP contribution in [0, 0.1) is 0 Å². The first kappa shape index (κ1) is 12.0. The molecule has 1 aromatic carbocycles. The third kappa shape index (κ3) is 1.93. The zero-order valence-electron chi connectivity index (χ0n) is 10.7. The van der Waals surface area contributed by atoms with Crippen LogP contribution in [0.25, 0.3) is 10.9 Å². The minimum Gasteiger partial charge on any atom is -0.358 e. The van der Waals surface area contributed by atoms with Crippen LogP contribution in [0.15, 0.2) is 24.3 Å². The first-order valence-electron chi connectivity index (χ1n) is 6.64. The first-order chi connectivity index (χ1) is 9.33. The summed E-state index contributed by atoms with van der Waals surface area (Å²) >= 11 is 0. The Hall–Kier alpha value is -2.10. The minimum atomic E-state index is 0.187. The lowest BCUT2D eigenvalue weighted by atomic mass is 10.0. The minimum absolute atomic E-state index is 0.187. The zero-order chi connectivity index (χ0) is 13.2. The topological polar surface area (TPSA) is 51.1 Å². The molecule has 98 valence electrons. The van der Waals surface area contributed by atoms with Crippen molar-refractivity contribution in [2.24, 2.45) is 0 Å². The second-order valence-electron chi connectivity index (χ2n) is 4.85. The Morgan fingerprint density at radius 1 is 1.26 bits per heavy atom. The number of benzene rings is 1. The summed E-state index contributed by atoms with van der Waals surface area (Å²) in [6.07, 6.45) is 3.97. The molecule has 4 nitrogen and oxygen atoms in total. The zero-order valence-corrected chi connectivity index (χ0v) is 10.7. The fourth-order valence-corrected chi connectivity index (χ4v) is 2.96. The van der Waals surface area contributed by atoms with Crippen molar-refractivity contribution in [2.45, 2.75) is 25.7 Å². The number of fused-ring (bicyclic) bond motifs is 3. The second kappa shape index (κ2) is 4.88. The van der Waals surface area contributed by atoms with Crippen LogP contribution in [0.5, 0.6) is 0 Å². The van der Waals surface area contributed by atoms with Gasteiger partial charge in [0.25, 0.3) is 0 Å². The molecule has 0 saturated carbocycles. The van der Waals surface area contributed by atoms with E-state index in [9.17, 15) is 9.59 Å². The van der Waals surface area contributed by atoms with Crippen molar-refractivity contribution in [1.29, 1.82) is 0 Å². The molecule has 1 aromatic heterocycles. The molecule has 19 heavy (non-hydrogen) atoms. The van der Waals surface area contributed by atoms with E-state index in [0.29, 0.717) is 13.0 Å². The quantitative estimate of drug-likeness (QED) is 0.671. The van der Waals surface area contributed by atoms with Crippen molar-refractivity contribution in [1.82, 2.24) is 9.88 Å². The summed E-state index contributed by atoms with van der Waals surface area (Å²) in [4.78, 5) is 22.5. The van der Waals surface area contributed by atoms with Gasteiger partial charge in [-0.25, -0.2) is 0 Å². The van der Waals surface area contributed by atoms with Crippen molar-refractivity contribution in [3.8, 4) is 0 Å². The van der Waals surface area contributed by atoms with Gasteiger partial charge in [0.2, 0.25) is 12.3 Å². The summed E-state index contributed by atoms with van der Waals surface area (Å²) in [5, 5.41) is 3.83. The van der Waals surface area contributed by atoms with Crippen molar-refractivity contribution >= 4 is 23.2 Å². The molecule has 1 N–H and O–H groups in total. The third-order valence-corrected chi connectivity index (χ3v) is 3.74. The normalized spacial score (nSPS) is 14.4. The third-order valence-electron chi connectivity index (χ3n) is 3.74. The number of aromatic nitrogens is 1. The Kier molecular flexibility index (Phi) is 3.07. The van der Waals surface area contributed by atoms with Crippen molar-refractivity contribution in [2.75, 3.05) is 6.54 Å². The molecular weight excluding hydrogens is 240 g/mol. The SMILES string of the molecule is O=CNCCc1c2n(c3ccccc13)C(=O)CCC2. The van der Waals surface area contributed by atoms with Gasteiger partial charge in [0.15, 0.2) is 0 Å². The van der Waals surface area contributed by atoms with Crippen LogP contribution in [0.4, 0.5) is 0 Å². The van der Waals surface area contributed by atoms with Gasteiger partial charge in [-0.1, -0.05) is 18.2 Å². The van der Waals surface area contributed by atoms with Gasteiger partial charge in [0.05, 0.1) is 5.52 Å². The van der Waals surface area contributed by atoms with Crippen molar-refractivity contribution in [3.63, 3.8) is 0 Å². The Morgan fingerprint density at radius 2 is 2.11 bits per heavy atom. The summed E-state index contributed by atoms with van der Waals surface area (Å²) < 4.78 is 1.87. The number of carbonyl (C=O) groups is 2. The molecule has 0 fully saturated rings. The van der Waals surface area contributed by atoms with Gasteiger partial charge >= 0.3 is 0 Å². The summed E-state index contributed by atoms with van der Waals surface area (Å²) in [7, 11) is 0. The van der Waals surface area contributed by atoms with E-state index in [4.69, 9.17) is 0 Å². The predicted octanol–water partition coefficient (Wildman–Crippen LogP) is 1.91. The molecule has 1 amide bonds. The van der Waals surface area contributed by atoms with Gasteiger partial charge in [-0.15, -0.1) is 0 Å². The molecule has 0 aliphatic carbocycles. The van der Waals surface area contributed by atoms with Crippen LogP contribution < -0.4 is 5.32 Å². The molecule has 1 aliphatic heterocycles. The Morgan fingerprint density at radius 3 is 2.95 bits per heavy atom. The number of nitrogens with one attached hydrogen (secondary N) is 1. The van der Waals surface area contributed by atoms with Gasteiger partial charge in [0, 0.05) is 24.0 Å². The molecular formula is C15H16N2O2. The fraction of sp³-hybridized carbons (Fsp3) is 0.333. The van der Waals surface area contributed by atoms with E-state index in [2.05, 4.69) is 11.4 Å². The molecule has 0 saturated heterocycles. The van der Waals surface area contributed by atoms with Crippen LogP contribution in [0.3, 0.4) is 0 Å². The number of amides is 1. The van der Waals surface area contributed by atoms with Crippen LogP contribution in [-0.2, 0) is 17.6 Å². The number of para-hydroxylation sites is 1. The standard InChI is InChI=1S/C15H16N2O2/c18-10-16-9-8-12-11-4-1-2-5-13(11)17-14(12)6-3-7-15(17)19/h1-2,4-5,10H,3,6-9H2,(H,16,18). The smallest absolute Gasteiger partial charge is 0.231 e. The Bertz CT molecular complexity index is 643. The Balaban J connectivity index is 2.14. The van der Waals surface area contributed by atoms with Crippen molar-refractivity contribution in [3.05, 3.63) is 35.5 Å². The second-order valence-corrected chi connectivity index (χ2v) is 4.85. The highest BCUT2D eigenvalue weighted by Crippen LogP contribution is 2.30. The lowest BCUT2D eigenvalue weighted by Gasteiger charge is -2.15. The monoisotopic (exact) mass is 256 g/mol. The predicted molar refractivity (Wildman–Crippen MR) is 73.3 cm³/mol. The molecule has 2 aromatic rings. The van der Waals surface area contributed by atoms with E-state index in [0.717, 1.165) is 42.3 Å². The molecule has 3 rings (SSSR count). The number of hydrogen-bond acceptors (Lipinski definition) is 2. The average Bonchev–Trinajstić information content (AvgIpc) is 2.75. The number of hydrogen-bond donors (Lipinski definition) is 1. The van der Waals surface area contributed by atoms with Gasteiger partial charge in [-0.2, -0.15) is 0 Å². The highest BCUT2D eigenvalue weighted by Gasteiger charge is 2.23. The maximum atomic E-state index is 12.1. The lowest BCUT2D eigenvalue weighted by molar-refractivity contribution is -0.109. The molecule has 0 bridgehead atoms. The van der Waals surface area contributed by atoms with Gasteiger partial charge in [-0.05, 0) is 30.9 Å². The number of carbonyl (C=O) groups excluding carboxylic acids is 2. The number of nitrogens with zero attached hydrogens (tertiary/aromatic N) is 1. The van der Waals surface area contributed by atoms with Crippen LogP contribution in [0.2, 0.25) is 0 Å². The van der Waals surface area contributed by atoms with Crippen LogP contribution in [-0.4, -0.2) is 23.4 Å². The van der Waals surface area contributed by atoms with Crippen LogP contribution in [0.1, 0.15) is 28.9 Å². The molecule has 0 spiro atoms. The Labute approximate surface area is 111 Å². The highest BCUT2D eigenvalue weighted by molar-refractivity contribution is 5.96. The molecule has 0 atom stereocenters. The van der Waals surface area contributed by atoms with E-state index in [1.54, 1.807) is 0 Å². The fourth-order valence-electron chi connectivity index (χ4n) is 2.96. The summed E-state index contributed by atoms with van der Waals surface area (Å²) in [5.41, 5.74) is 3.34. The maximum Gasteiger partial charge on any atom is 0.231 e. The van der Waals surface area contributed by atoms with E-state index >= 15 is 0 Å².